The molecule has 0 bridgehead atoms. The van der Waals surface area contributed by atoms with Crippen LogP contribution in [-0.4, -0.2) is 117 Å². The SMILES string of the molecule is Cc1ncsc1-c1ccc([C@H](C)NC(=O)[C@@H]2C[C@@H](O)CN2C(=O)[C@@H](NC(=O)COCCOCCCNC(=O)CC2N=C(c3ccc(Cl)cc3)c3c(sc(C)c3C)-n3c(C)nnc32)C(C)(C)C)cc1. The molecule has 1 unspecified atom stereocenters. The molecule has 5 atom stereocenters. The van der Waals surface area contributed by atoms with E-state index in [1.807, 2.05) is 100 Å². The Balaban J connectivity index is 0.840. The van der Waals surface area contributed by atoms with Gasteiger partial charge in [0.25, 0.3) is 0 Å². The number of nitrogens with zero attached hydrogens (tertiary/aromatic N) is 6. The number of fused-ring (bicyclic) bond motifs is 3. The molecule has 1 fully saturated rings. The first kappa shape index (κ1) is 50.5. The Hall–Kier alpha value is -5.37. The van der Waals surface area contributed by atoms with Crippen molar-refractivity contribution in [1.82, 2.24) is 40.6 Å². The maximum Gasteiger partial charge on any atom is 0.246 e. The molecule has 0 radical (unpaired) electrons. The summed E-state index contributed by atoms with van der Waals surface area (Å²) in [5.41, 5.74) is 7.76. The molecule has 2 aliphatic heterocycles. The number of aliphatic imine (C=N–C) groups is 1. The Kier molecular flexibility index (Phi) is 16.3. The second kappa shape index (κ2) is 21.9. The van der Waals surface area contributed by atoms with Crippen LogP contribution >= 0.6 is 34.3 Å². The standard InChI is InChI=1S/C49H60ClN9O7S2/c1-27-30(4)68-48-41(27)42(33-14-16-35(50)17-15-33)54-37(45-57-56-31(5)59(45)48)23-39(61)51-18-9-19-65-20-21-66-25-40(62)55-44(49(6,7)8)47(64)58-24-36(60)22-38(58)46(63)53-28(2)32-10-12-34(13-11-32)43-29(3)52-26-67-43/h10-17,26,28,36-38,44,60H,9,18-25H2,1-8H3,(H,51,61)(H,53,63)(H,55,62)/t28-,36+,37?,38-,44+/m0/s1. The lowest BCUT2D eigenvalue weighted by atomic mass is 9.85. The molecular formula is C49H60ClN9O7S2. The van der Waals surface area contributed by atoms with E-state index >= 15 is 0 Å². The first-order valence-electron chi connectivity index (χ1n) is 22.8. The fourth-order valence-corrected chi connectivity index (χ4v) is 10.5. The quantitative estimate of drug-likeness (QED) is 0.0700. The third kappa shape index (κ3) is 11.7. The highest BCUT2D eigenvalue weighted by Gasteiger charge is 2.45. The van der Waals surface area contributed by atoms with Crippen LogP contribution in [0.1, 0.15) is 104 Å². The lowest BCUT2D eigenvalue weighted by Gasteiger charge is -2.35. The van der Waals surface area contributed by atoms with Crippen LogP contribution in [0.4, 0.5) is 0 Å². The van der Waals surface area contributed by atoms with Crippen molar-refractivity contribution < 1.29 is 33.8 Å². The molecule has 0 aliphatic carbocycles. The molecule has 2 aliphatic rings. The number of aliphatic hydroxyl groups excluding tert-OH is 1. The second-order valence-electron chi connectivity index (χ2n) is 18.4. The number of carbonyl (C=O) groups is 4. The van der Waals surface area contributed by atoms with Gasteiger partial charge in [0.15, 0.2) is 5.82 Å². The van der Waals surface area contributed by atoms with Gasteiger partial charge in [0.2, 0.25) is 23.6 Å². The van der Waals surface area contributed by atoms with Crippen molar-refractivity contribution in [2.75, 3.05) is 39.5 Å². The van der Waals surface area contributed by atoms with Crippen LogP contribution in [0.2, 0.25) is 5.02 Å². The zero-order chi connectivity index (χ0) is 48.9. The summed E-state index contributed by atoms with van der Waals surface area (Å²) in [6, 6.07) is 12.6. The van der Waals surface area contributed by atoms with Crippen LogP contribution in [0.25, 0.3) is 15.4 Å². The number of likely N-dealkylation sites (tertiary alicyclic amines) is 1. The van der Waals surface area contributed by atoms with Crippen molar-refractivity contribution in [2.24, 2.45) is 10.4 Å². The number of thiophene rings is 1. The average molecular weight is 987 g/mol. The number of β-amino-alcohol motifs (C(OH)–C–C–N with tert-alkyl or cyclic N) is 1. The molecule has 2 aromatic carbocycles. The van der Waals surface area contributed by atoms with Gasteiger partial charge in [0, 0.05) is 47.1 Å². The molecule has 16 nitrogen and oxygen atoms in total. The summed E-state index contributed by atoms with van der Waals surface area (Å²) in [4.78, 5) is 67.3. The zero-order valence-electron chi connectivity index (χ0n) is 39.7. The lowest BCUT2D eigenvalue weighted by Crippen LogP contribution is -2.58. The molecule has 0 spiro atoms. The summed E-state index contributed by atoms with van der Waals surface area (Å²) >= 11 is 9.46. The molecule has 5 heterocycles. The van der Waals surface area contributed by atoms with E-state index in [2.05, 4.69) is 45.0 Å². The van der Waals surface area contributed by atoms with Crippen LogP contribution in [-0.2, 0) is 28.7 Å². The Bertz CT molecular complexity index is 2640. The molecule has 68 heavy (non-hydrogen) atoms. The molecule has 362 valence electrons. The van der Waals surface area contributed by atoms with Crippen molar-refractivity contribution >= 4 is 63.6 Å². The highest BCUT2D eigenvalue weighted by molar-refractivity contribution is 7.15. The molecule has 0 saturated carbocycles. The van der Waals surface area contributed by atoms with E-state index in [0.29, 0.717) is 36.2 Å². The Morgan fingerprint density at radius 2 is 1.63 bits per heavy atom. The van der Waals surface area contributed by atoms with E-state index in [-0.39, 0.29) is 57.1 Å². The van der Waals surface area contributed by atoms with Gasteiger partial charge < -0.3 is 35.4 Å². The first-order valence-corrected chi connectivity index (χ1v) is 24.9. The Morgan fingerprint density at radius 1 is 0.926 bits per heavy atom. The summed E-state index contributed by atoms with van der Waals surface area (Å²) in [6.07, 6.45) is -0.199. The Morgan fingerprint density at radius 3 is 2.32 bits per heavy atom. The molecular weight excluding hydrogens is 926 g/mol. The number of amides is 4. The van der Waals surface area contributed by atoms with Crippen molar-refractivity contribution in [3.05, 3.63) is 104 Å². The van der Waals surface area contributed by atoms with Crippen LogP contribution in [0.15, 0.2) is 59.0 Å². The largest absolute Gasteiger partial charge is 0.391 e. The van der Waals surface area contributed by atoms with Gasteiger partial charge >= 0.3 is 0 Å². The number of ether oxygens (including phenoxy) is 2. The molecule has 4 amide bonds. The number of hydrogen-bond donors (Lipinski definition) is 4. The highest BCUT2D eigenvalue weighted by Crippen LogP contribution is 2.40. The minimum Gasteiger partial charge on any atom is -0.391 e. The van der Waals surface area contributed by atoms with Crippen molar-refractivity contribution in [3.8, 4) is 15.4 Å². The number of aliphatic hydroxyl groups is 1. The number of halogens is 1. The number of rotatable bonds is 18. The number of thiazole rings is 1. The molecule has 5 aromatic rings. The Labute approximate surface area is 409 Å². The van der Waals surface area contributed by atoms with E-state index in [1.165, 1.54) is 4.90 Å². The normalized spacial score (nSPS) is 17.7. The molecule has 7 rings (SSSR count). The van der Waals surface area contributed by atoms with E-state index in [0.717, 1.165) is 54.0 Å². The van der Waals surface area contributed by atoms with Gasteiger partial charge in [-0.1, -0.05) is 68.8 Å². The van der Waals surface area contributed by atoms with Gasteiger partial charge in [-0.05, 0) is 75.3 Å². The number of carbonyl (C=O) groups excluding carboxylic acids is 4. The predicted molar refractivity (Wildman–Crippen MR) is 264 cm³/mol. The lowest BCUT2D eigenvalue weighted by molar-refractivity contribution is -0.144. The van der Waals surface area contributed by atoms with Gasteiger partial charge in [0.05, 0.1) is 53.6 Å². The minimum absolute atomic E-state index is 0.0328. The number of aromatic nitrogens is 4. The van der Waals surface area contributed by atoms with Gasteiger partial charge in [-0.25, -0.2) is 4.98 Å². The molecule has 3 aromatic heterocycles. The van der Waals surface area contributed by atoms with Crippen molar-refractivity contribution in [3.63, 3.8) is 0 Å². The van der Waals surface area contributed by atoms with E-state index in [4.69, 9.17) is 26.1 Å². The summed E-state index contributed by atoms with van der Waals surface area (Å²) in [5.74, 6) is -0.204. The highest BCUT2D eigenvalue weighted by atomic mass is 35.5. The second-order valence-corrected chi connectivity index (χ2v) is 20.9. The van der Waals surface area contributed by atoms with Crippen LogP contribution < -0.4 is 16.0 Å². The van der Waals surface area contributed by atoms with Crippen LogP contribution in [0.5, 0.6) is 0 Å². The van der Waals surface area contributed by atoms with Crippen LogP contribution in [0, 0.1) is 33.1 Å². The zero-order valence-corrected chi connectivity index (χ0v) is 42.1. The maximum atomic E-state index is 14.1. The van der Waals surface area contributed by atoms with Crippen molar-refractivity contribution in [1.29, 1.82) is 0 Å². The van der Waals surface area contributed by atoms with Gasteiger partial charge in [-0.15, -0.1) is 32.9 Å². The smallest absolute Gasteiger partial charge is 0.246 e. The summed E-state index contributed by atoms with van der Waals surface area (Å²) < 4.78 is 13.3. The average Bonchev–Trinajstić information content (AvgIpc) is 4.07. The van der Waals surface area contributed by atoms with Crippen molar-refractivity contribution in [2.45, 2.75) is 105 Å². The number of aryl methyl sites for hydroxylation is 3. The molecule has 19 heteroatoms. The van der Waals surface area contributed by atoms with E-state index < -0.39 is 41.5 Å². The fraction of sp³-hybridized carbons (Fsp3) is 0.469. The monoisotopic (exact) mass is 985 g/mol. The van der Waals surface area contributed by atoms with Gasteiger partial charge in [-0.2, -0.15) is 0 Å². The fourth-order valence-electron chi connectivity index (χ4n) is 8.39. The van der Waals surface area contributed by atoms with E-state index in [9.17, 15) is 24.3 Å². The summed E-state index contributed by atoms with van der Waals surface area (Å²) in [6.45, 7) is 16.1. The van der Waals surface area contributed by atoms with Gasteiger partial charge in [-0.3, -0.25) is 28.7 Å². The van der Waals surface area contributed by atoms with E-state index in [1.54, 1.807) is 22.7 Å². The van der Waals surface area contributed by atoms with Gasteiger partial charge in [0.1, 0.15) is 35.6 Å². The number of benzene rings is 2. The minimum atomic E-state index is -0.990. The summed E-state index contributed by atoms with van der Waals surface area (Å²) in [5, 5.41) is 29.9. The third-order valence-electron chi connectivity index (χ3n) is 12.2. The number of hydrogen-bond acceptors (Lipinski definition) is 13. The molecule has 1 saturated heterocycles. The maximum absolute atomic E-state index is 14.1. The first-order chi connectivity index (χ1) is 32.4. The molecule has 4 N–H and O–H groups in total. The predicted octanol–water partition coefficient (Wildman–Crippen LogP) is 6.53. The van der Waals surface area contributed by atoms with Crippen LogP contribution in [0.3, 0.4) is 0 Å². The number of nitrogens with one attached hydrogen (secondary N) is 3. The topological polar surface area (TPSA) is 202 Å². The third-order valence-corrected chi connectivity index (χ3v) is 14.6. The summed E-state index contributed by atoms with van der Waals surface area (Å²) in [7, 11) is 0.